The number of para-hydroxylation sites is 1. The zero-order valence-electron chi connectivity index (χ0n) is 10.8. The molecular weight excluding hydrogens is 284 g/mol. The van der Waals surface area contributed by atoms with Crippen LogP contribution in [0.4, 0.5) is 11.4 Å². The largest absolute Gasteiger partial charge is 0.481 e. The van der Waals surface area contributed by atoms with Gasteiger partial charge in [0.2, 0.25) is 0 Å². The van der Waals surface area contributed by atoms with Gasteiger partial charge in [-0.25, -0.2) is 0 Å². The Morgan fingerprint density at radius 1 is 1.45 bits per heavy atom. The van der Waals surface area contributed by atoms with E-state index < -0.39 is 16.3 Å². The Kier molecular flexibility index (Phi) is 4.13. The average molecular weight is 299 g/mol. The van der Waals surface area contributed by atoms with Crippen molar-refractivity contribution in [3.05, 3.63) is 33.3 Å². The molecule has 0 spiro atoms. The zero-order valence-corrected chi connectivity index (χ0v) is 11.5. The monoisotopic (exact) mass is 298 g/mol. The minimum absolute atomic E-state index is 0.0378. The van der Waals surface area contributed by atoms with Crippen molar-refractivity contribution in [2.45, 2.75) is 25.7 Å². The molecule has 7 heteroatoms. The molecule has 0 heterocycles. The van der Waals surface area contributed by atoms with Gasteiger partial charge in [-0.3, -0.25) is 14.9 Å². The Morgan fingerprint density at radius 2 is 2.10 bits per heavy atom. The lowest BCUT2D eigenvalue weighted by Crippen LogP contribution is -2.35. The number of carboxylic acid groups (broad SMARTS) is 1. The summed E-state index contributed by atoms with van der Waals surface area (Å²) in [6.07, 6.45) is 2.91. The molecular formula is C13H15ClN2O4. The lowest BCUT2D eigenvalue weighted by molar-refractivity contribution is -0.383. The third-order valence-electron chi connectivity index (χ3n) is 3.80. The first-order chi connectivity index (χ1) is 9.46. The molecule has 0 saturated heterocycles. The SMILES string of the molecule is O=C(O)C1(CNc2cccc(Cl)c2[N+](=O)[O-])CCCC1. The van der Waals surface area contributed by atoms with Crippen LogP contribution in [0, 0.1) is 15.5 Å². The number of carbonyl (C=O) groups is 1. The highest BCUT2D eigenvalue weighted by molar-refractivity contribution is 6.33. The maximum Gasteiger partial charge on any atom is 0.311 e. The fourth-order valence-corrected chi connectivity index (χ4v) is 2.87. The summed E-state index contributed by atoms with van der Waals surface area (Å²) in [5.41, 5.74) is -0.793. The van der Waals surface area contributed by atoms with E-state index in [0.29, 0.717) is 12.8 Å². The highest BCUT2D eigenvalue weighted by Crippen LogP contribution is 2.40. The van der Waals surface area contributed by atoms with Crippen LogP contribution in [0.15, 0.2) is 18.2 Å². The minimum Gasteiger partial charge on any atom is -0.481 e. The Balaban J connectivity index is 2.21. The number of nitrogens with one attached hydrogen (secondary N) is 1. The van der Waals surface area contributed by atoms with Crippen molar-refractivity contribution in [2.24, 2.45) is 5.41 Å². The Hall–Kier alpha value is -1.82. The van der Waals surface area contributed by atoms with Crippen molar-refractivity contribution in [1.82, 2.24) is 0 Å². The quantitative estimate of drug-likeness (QED) is 0.642. The number of rotatable bonds is 5. The molecule has 0 unspecified atom stereocenters. The molecule has 1 fully saturated rings. The van der Waals surface area contributed by atoms with E-state index in [4.69, 9.17) is 11.6 Å². The molecule has 0 aromatic heterocycles. The molecule has 0 bridgehead atoms. The van der Waals surface area contributed by atoms with E-state index in [1.165, 1.54) is 12.1 Å². The summed E-state index contributed by atoms with van der Waals surface area (Å²) in [5, 5.41) is 23.3. The summed E-state index contributed by atoms with van der Waals surface area (Å²) in [6, 6.07) is 4.57. The first kappa shape index (κ1) is 14.6. The number of benzene rings is 1. The summed E-state index contributed by atoms with van der Waals surface area (Å²) in [4.78, 5) is 21.9. The number of halogens is 1. The first-order valence-corrected chi connectivity index (χ1v) is 6.74. The third kappa shape index (κ3) is 2.70. The second kappa shape index (κ2) is 5.66. The Bertz CT molecular complexity index is 541. The molecule has 6 nitrogen and oxygen atoms in total. The molecule has 1 aliphatic carbocycles. The van der Waals surface area contributed by atoms with E-state index in [2.05, 4.69) is 5.32 Å². The van der Waals surface area contributed by atoms with Crippen LogP contribution in [0.2, 0.25) is 5.02 Å². The lowest BCUT2D eigenvalue weighted by atomic mass is 9.86. The van der Waals surface area contributed by atoms with Crippen LogP contribution in [0.3, 0.4) is 0 Å². The molecule has 0 radical (unpaired) electrons. The number of aliphatic carboxylic acids is 1. The molecule has 1 aliphatic rings. The van der Waals surface area contributed by atoms with E-state index in [9.17, 15) is 20.0 Å². The number of nitro benzene ring substituents is 1. The summed E-state index contributed by atoms with van der Waals surface area (Å²) < 4.78 is 0. The van der Waals surface area contributed by atoms with E-state index in [0.717, 1.165) is 12.8 Å². The molecule has 1 aromatic rings. The molecule has 0 atom stereocenters. The number of hydrogen-bond donors (Lipinski definition) is 2. The second-order valence-electron chi connectivity index (χ2n) is 5.04. The fraction of sp³-hybridized carbons (Fsp3) is 0.462. The number of anilines is 1. The maximum atomic E-state index is 11.4. The van der Waals surface area contributed by atoms with Crippen LogP contribution in [-0.4, -0.2) is 22.5 Å². The van der Waals surface area contributed by atoms with Gasteiger partial charge in [0.25, 0.3) is 0 Å². The van der Waals surface area contributed by atoms with Crippen LogP contribution < -0.4 is 5.32 Å². The van der Waals surface area contributed by atoms with Gasteiger partial charge in [-0.2, -0.15) is 0 Å². The highest BCUT2D eigenvalue weighted by Gasteiger charge is 2.41. The average Bonchev–Trinajstić information content (AvgIpc) is 2.86. The van der Waals surface area contributed by atoms with E-state index in [1.54, 1.807) is 6.07 Å². The second-order valence-corrected chi connectivity index (χ2v) is 5.45. The van der Waals surface area contributed by atoms with Crippen LogP contribution in [0.1, 0.15) is 25.7 Å². The van der Waals surface area contributed by atoms with Gasteiger partial charge in [-0.15, -0.1) is 0 Å². The highest BCUT2D eigenvalue weighted by atomic mass is 35.5. The standard InChI is InChI=1S/C13H15ClN2O4/c14-9-4-3-5-10(11(9)16(19)20)15-8-13(12(17)18)6-1-2-7-13/h3-5,15H,1-2,6-8H2,(H,17,18). The van der Waals surface area contributed by atoms with Gasteiger partial charge in [0, 0.05) is 6.54 Å². The number of hydrogen-bond acceptors (Lipinski definition) is 4. The topological polar surface area (TPSA) is 92.5 Å². The van der Waals surface area contributed by atoms with Gasteiger partial charge >= 0.3 is 11.7 Å². The van der Waals surface area contributed by atoms with Crippen molar-refractivity contribution in [1.29, 1.82) is 0 Å². The summed E-state index contributed by atoms with van der Waals surface area (Å²) in [7, 11) is 0. The van der Waals surface area contributed by atoms with Gasteiger partial charge in [0.05, 0.1) is 10.3 Å². The molecule has 20 heavy (non-hydrogen) atoms. The number of nitro groups is 1. The van der Waals surface area contributed by atoms with Crippen molar-refractivity contribution in [3.63, 3.8) is 0 Å². The van der Waals surface area contributed by atoms with Crippen LogP contribution >= 0.6 is 11.6 Å². The van der Waals surface area contributed by atoms with Gasteiger partial charge < -0.3 is 10.4 Å². The van der Waals surface area contributed by atoms with Crippen molar-refractivity contribution in [2.75, 3.05) is 11.9 Å². The van der Waals surface area contributed by atoms with Gasteiger partial charge in [0.15, 0.2) is 0 Å². The Morgan fingerprint density at radius 3 is 2.65 bits per heavy atom. The molecule has 1 saturated carbocycles. The molecule has 108 valence electrons. The molecule has 0 aliphatic heterocycles. The summed E-state index contributed by atoms with van der Waals surface area (Å²) in [5.74, 6) is -0.854. The van der Waals surface area contributed by atoms with E-state index >= 15 is 0 Å². The number of nitrogens with zero attached hydrogens (tertiary/aromatic N) is 1. The smallest absolute Gasteiger partial charge is 0.311 e. The van der Waals surface area contributed by atoms with Gasteiger partial charge in [0.1, 0.15) is 10.7 Å². The maximum absolute atomic E-state index is 11.4. The van der Waals surface area contributed by atoms with Crippen LogP contribution in [0.5, 0.6) is 0 Å². The van der Waals surface area contributed by atoms with Gasteiger partial charge in [-0.1, -0.05) is 30.5 Å². The Labute approximate surface area is 120 Å². The van der Waals surface area contributed by atoms with Crippen molar-refractivity contribution >= 4 is 28.9 Å². The summed E-state index contributed by atoms with van der Waals surface area (Å²) in [6.45, 7) is 0.170. The zero-order chi connectivity index (χ0) is 14.8. The predicted octanol–water partition coefficient (Wildman–Crippen LogP) is 3.31. The van der Waals surface area contributed by atoms with Crippen molar-refractivity contribution in [3.8, 4) is 0 Å². The molecule has 0 amide bonds. The van der Waals surface area contributed by atoms with Crippen LogP contribution in [0.25, 0.3) is 0 Å². The third-order valence-corrected chi connectivity index (χ3v) is 4.11. The van der Waals surface area contributed by atoms with Crippen molar-refractivity contribution < 1.29 is 14.8 Å². The summed E-state index contributed by atoms with van der Waals surface area (Å²) >= 11 is 5.82. The lowest BCUT2D eigenvalue weighted by Gasteiger charge is -2.24. The molecule has 2 rings (SSSR count). The fourth-order valence-electron chi connectivity index (χ4n) is 2.63. The van der Waals surface area contributed by atoms with Gasteiger partial charge in [-0.05, 0) is 25.0 Å². The molecule has 2 N–H and O–H groups in total. The first-order valence-electron chi connectivity index (χ1n) is 6.36. The predicted molar refractivity (Wildman–Crippen MR) is 75.1 cm³/mol. The minimum atomic E-state index is -0.854. The number of carboxylic acids is 1. The normalized spacial score (nSPS) is 16.9. The van der Waals surface area contributed by atoms with Crippen LogP contribution in [-0.2, 0) is 4.79 Å². The van der Waals surface area contributed by atoms with E-state index in [1.807, 2.05) is 0 Å². The molecule has 1 aromatic carbocycles. The van der Waals surface area contributed by atoms with E-state index in [-0.39, 0.29) is 22.9 Å².